The quantitative estimate of drug-likeness (QED) is 0.805. The maximum absolute atomic E-state index is 5.21. The van der Waals surface area contributed by atoms with Crippen molar-refractivity contribution in [2.75, 3.05) is 20.2 Å². The molecule has 0 unspecified atom stereocenters. The van der Waals surface area contributed by atoms with Crippen LogP contribution in [0.4, 0.5) is 0 Å². The second-order valence-electron chi connectivity index (χ2n) is 5.71. The van der Waals surface area contributed by atoms with Gasteiger partial charge in [0.1, 0.15) is 5.75 Å². The number of aromatic nitrogens is 3. The molecule has 0 saturated carbocycles. The number of methoxy groups -OCH3 is 1. The number of hydrogen-bond donors (Lipinski definition) is 1. The van der Waals surface area contributed by atoms with Crippen LogP contribution in [0.25, 0.3) is 22.3 Å². The third-order valence-electron chi connectivity index (χ3n) is 4.23. The minimum absolute atomic E-state index is 0.474. The first kappa shape index (κ1) is 14.0. The fraction of sp³-hybridized carbons (Fsp3) is 0.222. The van der Waals surface area contributed by atoms with Crippen molar-refractivity contribution in [2.45, 2.75) is 6.04 Å². The molecule has 0 bridgehead atoms. The molecule has 0 atom stereocenters. The van der Waals surface area contributed by atoms with Crippen LogP contribution in [0.5, 0.6) is 5.75 Å². The Morgan fingerprint density at radius 3 is 2.39 bits per heavy atom. The number of hydrogen-bond acceptors (Lipinski definition) is 4. The molecular weight excluding hydrogens is 288 g/mol. The summed E-state index contributed by atoms with van der Waals surface area (Å²) in [4.78, 5) is 4.39. The fourth-order valence-corrected chi connectivity index (χ4v) is 2.69. The van der Waals surface area contributed by atoms with E-state index in [2.05, 4.69) is 27.7 Å². The molecule has 1 aliphatic rings. The largest absolute Gasteiger partial charge is 0.497 e. The minimum atomic E-state index is 0.474. The number of benzene rings is 1. The number of nitrogens with zero attached hydrogens (tertiary/aromatic N) is 3. The molecule has 1 aromatic carbocycles. The van der Waals surface area contributed by atoms with Crippen molar-refractivity contribution in [1.29, 1.82) is 0 Å². The van der Waals surface area contributed by atoms with E-state index in [1.54, 1.807) is 7.11 Å². The van der Waals surface area contributed by atoms with Gasteiger partial charge in [0.15, 0.2) is 0 Å². The molecule has 2 aromatic heterocycles. The Bertz CT molecular complexity index is 806. The topological polar surface area (TPSA) is 52.0 Å². The molecule has 3 heterocycles. The summed E-state index contributed by atoms with van der Waals surface area (Å²) in [7, 11) is 1.67. The predicted molar refractivity (Wildman–Crippen MR) is 89.4 cm³/mol. The van der Waals surface area contributed by atoms with Crippen LogP contribution in [-0.4, -0.2) is 35.0 Å². The van der Waals surface area contributed by atoms with Crippen molar-refractivity contribution in [3.8, 4) is 28.0 Å². The van der Waals surface area contributed by atoms with Gasteiger partial charge in [-0.2, -0.15) is 5.10 Å². The minimum Gasteiger partial charge on any atom is -0.497 e. The van der Waals surface area contributed by atoms with Gasteiger partial charge in [0, 0.05) is 48.4 Å². The molecule has 1 fully saturated rings. The van der Waals surface area contributed by atoms with Gasteiger partial charge in [-0.25, -0.2) is 0 Å². The summed E-state index contributed by atoms with van der Waals surface area (Å²) in [6, 6.07) is 10.6. The second kappa shape index (κ2) is 5.85. The van der Waals surface area contributed by atoms with E-state index in [1.165, 1.54) is 0 Å². The SMILES string of the molecule is COc1ccc(-c2cncc(-c3cnn(C4CNC4)c3)c2)cc1. The van der Waals surface area contributed by atoms with Crippen LogP contribution in [-0.2, 0) is 0 Å². The number of rotatable bonds is 4. The molecule has 116 valence electrons. The van der Waals surface area contributed by atoms with E-state index in [4.69, 9.17) is 4.74 Å². The maximum atomic E-state index is 5.21. The normalized spacial score (nSPS) is 14.5. The van der Waals surface area contributed by atoms with E-state index in [1.807, 2.05) is 47.5 Å². The van der Waals surface area contributed by atoms with Gasteiger partial charge in [0.05, 0.1) is 19.3 Å². The Morgan fingerprint density at radius 2 is 1.74 bits per heavy atom. The molecule has 23 heavy (non-hydrogen) atoms. The molecule has 3 aromatic rings. The first-order chi connectivity index (χ1) is 11.3. The third-order valence-corrected chi connectivity index (χ3v) is 4.23. The zero-order valence-electron chi connectivity index (χ0n) is 12.9. The van der Waals surface area contributed by atoms with Gasteiger partial charge in [-0.15, -0.1) is 0 Å². The van der Waals surface area contributed by atoms with Gasteiger partial charge in [-0.1, -0.05) is 12.1 Å². The van der Waals surface area contributed by atoms with E-state index in [0.29, 0.717) is 6.04 Å². The molecule has 5 heteroatoms. The standard InChI is InChI=1S/C18H18N4O/c1-23-18-4-2-13(3-5-18)14-6-15(8-19-7-14)16-9-21-22(12-16)17-10-20-11-17/h2-9,12,17,20H,10-11H2,1H3. The summed E-state index contributed by atoms with van der Waals surface area (Å²) in [6.07, 6.45) is 7.77. The smallest absolute Gasteiger partial charge is 0.118 e. The molecule has 0 spiro atoms. The van der Waals surface area contributed by atoms with Crippen molar-refractivity contribution >= 4 is 0 Å². The highest BCUT2D eigenvalue weighted by atomic mass is 16.5. The lowest BCUT2D eigenvalue weighted by molar-refractivity contribution is 0.318. The van der Waals surface area contributed by atoms with Gasteiger partial charge in [-0.3, -0.25) is 9.67 Å². The molecule has 0 aliphatic carbocycles. The summed E-state index contributed by atoms with van der Waals surface area (Å²) in [5.74, 6) is 0.855. The van der Waals surface area contributed by atoms with Crippen molar-refractivity contribution in [3.63, 3.8) is 0 Å². The van der Waals surface area contributed by atoms with Crippen LogP contribution in [0, 0.1) is 0 Å². The number of ether oxygens (including phenoxy) is 1. The average Bonchev–Trinajstić information content (AvgIpc) is 3.03. The highest BCUT2D eigenvalue weighted by Gasteiger charge is 2.19. The van der Waals surface area contributed by atoms with Crippen molar-refractivity contribution < 1.29 is 4.74 Å². The molecule has 0 radical (unpaired) electrons. The third kappa shape index (κ3) is 2.71. The van der Waals surface area contributed by atoms with Crippen LogP contribution in [0.3, 0.4) is 0 Å². The van der Waals surface area contributed by atoms with E-state index < -0.39 is 0 Å². The lowest BCUT2D eigenvalue weighted by Gasteiger charge is -2.27. The monoisotopic (exact) mass is 306 g/mol. The zero-order chi connectivity index (χ0) is 15.6. The predicted octanol–water partition coefficient (Wildman–Crippen LogP) is 2.77. The lowest BCUT2D eigenvalue weighted by Crippen LogP contribution is -2.43. The van der Waals surface area contributed by atoms with Crippen LogP contribution >= 0.6 is 0 Å². The molecule has 4 rings (SSSR count). The summed E-state index contributed by atoms with van der Waals surface area (Å²) >= 11 is 0. The summed E-state index contributed by atoms with van der Waals surface area (Å²) in [5.41, 5.74) is 4.38. The molecule has 0 amide bonds. The summed E-state index contributed by atoms with van der Waals surface area (Å²) < 4.78 is 7.24. The fourth-order valence-electron chi connectivity index (χ4n) is 2.69. The highest BCUT2D eigenvalue weighted by molar-refractivity contribution is 5.71. The zero-order valence-corrected chi connectivity index (χ0v) is 12.9. The second-order valence-corrected chi connectivity index (χ2v) is 5.71. The first-order valence-corrected chi connectivity index (χ1v) is 7.68. The Kier molecular flexibility index (Phi) is 3.55. The Morgan fingerprint density at radius 1 is 1.00 bits per heavy atom. The van der Waals surface area contributed by atoms with Crippen LogP contribution in [0.1, 0.15) is 6.04 Å². The van der Waals surface area contributed by atoms with Gasteiger partial charge >= 0.3 is 0 Å². The van der Waals surface area contributed by atoms with Crippen molar-refractivity contribution in [3.05, 3.63) is 55.1 Å². The summed E-state index contributed by atoms with van der Waals surface area (Å²) in [6.45, 7) is 1.98. The molecule has 1 N–H and O–H groups in total. The van der Waals surface area contributed by atoms with Gasteiger partial charge in [0.2, 0.25) is 0 Å². The maximum Gasteiger partial charge on any atom is 0.118 e. The van der Waals surface area contributed by atoms with E-state index in [9.17, 15) is 0 Å². The van der Waals surface area contributed by atoms with Crippen LogP contribution < -0.4 is 10.1 Å². The number of nitrogens with one attached hydrogen (secondary N) is 1. The van der Waals surface area contributed by atoms with E-state index in [-0.39, 0.29) is 0 Å². The van der Waals surface area contributed by atoms with Gasteiger partial charge in [0.25, 0.3) is 0 Å². The highest BCUT2D eigenvalue weighted by Crippen LogP contribution is 2.27. The van der Waals surface area contributed by atoms with Crippen molar-refractivity contribution in [2.24, 2.45) is 0 Å². The van der Waals surface area contributed by atoms with E-state index in [0.717, 1.165) is 41.1 Å². The van der Waals surface area contributed by atoms with Gasteiger partial charge in [-0.05, 0) is 23.8 Å². The Hall–Kier alpha value is -2.66. The average molecular weight is 306 g/mol. The summed E-state index contributed by atoms with van der Waals surface area (Å²) in [5, 5.41) is 7.74. The van der Waals surface area contributed by atoms with Crippen LogP contribution in [0.2, 0.25) is 0 Å². The number of pyridine rings is 1. The molecular formula is C18H18N4O. The van der Waals surface area contributed by atoms with Gasteiger partial charge < -0.3 is 10.1 Å². The van der Waals surface area contributed by atoms with E-state index >= 15 is 0 Å². The first-order valence-electron chi connectivity index (χ1n) is 7.68. The lowest BCUT2D eigenvalue weighted by atomic mass is 10.0. The van der Waals surface area contributed by atoms with Crippen molar-refractivity contribution in [1.82, 2.24) is 20.1 Å². The van der Waals surface area contributed by atoms with Crippen LogP contribution in [0.15, 0.2) is 55.1 Å². The molecule has 1 aliphatic heterocycles. The molecule has 1 saturated heterocycles. The molecule has 5 nitrogen and oxygen atoms in total. The Labute approximate surface area is 134 Å². The Balaban J connectivity index is 1.63.